The number of hydrogen-bond acceptors (Lipinski definition) is 13. The summed E-state index contributed by atoms with van der Waals surface area (Å²) < 4.78 is 14.6. The van der Waals surface area contributed by atoms with Crippen LogP contribution in [0.1, 0.15) is 33.4 Å². The van der Waals surface area contributed by atoms with E-state index in [0.717, 1.165) is 19.4 Å². The third-order valence-corrected chi connectivity index (χ3v) is 8.17. The Morgan fingerprint density at radius 3 is 2.51 bits per heavy atom. The summed E-state index contributed by atoms with van der Waals surface area (Å²) in [4.78, 5) is 73.4. The number of aromatic nitrogens is 1. The van der Waals surface area contributed by atoms with Gasteiger partial charge in [-0.3, -0.25) is 19.8 Å². The first kappa shape index (κ1) is 32.6. The van der Waals surface area contributed by atoms with Crippen molar-refractivity contribution in [3.8, 4) is 0 Å². The predicted octanol–water partition coefficient (Wildman–Crippen LogP) is 0.328. The molecule has 0 bridgehead atoms. The average molecular weight is 648 g/mol. The van der Waals surface area contributed by atoms with Crippen molar-refractivity contribution in [1.29, 1.82) is 0 Å². The lowest BCUT2D eigenvalue weighted by atomic mass is 10.0. The van der Waals surface area contributed by atoms with Gasteiger partial charge in [-0.05, 0) is 33.3 Å². The van der Waals surface area contributed by atoms with Gasteiger partial charge in [0, 0.05) is 11.6 Å². The van der Waals surface area contributed by atoms with Crippen molar-refractivity contribution in [3.05, 3.63) is 21.3 Å². The number of thioether (sulfide) groups is 1. The zero-order valence-corrected chi connectivity index (χ0v) is 25.9. The highest BCUT2D eigenvalue weighted by molar-refractivity contribution is 8.00. The maximum absolute atomic E-state index is 13.4. The van der Waals surface area contributed by atoms with Gasteiger partial charge in [-0.15, -0.1) is 23.4 Å². The van der Waals surface area contributed by atoms with Gasteiger partial charge in [-0.2, -0.15) is 0 Å². The maximum Gasteiger partial charge on any atom is 0.413 e. The number of hydrogen-bond donors (Lipinski definition) is 2. The van der Waals surface area contributed by atoms with Gasteiger partial charge in [0.2, 0.25) is 6.10 Å². The number of oxime groups is 1. The van der Waals surface area contributed by atoms with Gasteiger partial charge in [0.25, 0.3) is 11.8 Å². The van der Waals surface area contributed by atoms with Crippen molar-refractivity contribution in [2.75, 3.05) is 16.9 Å². The maximum atomic E-state index is 13.4. The summed E-state index contributed by atoms with van der Waals surface area (Å²) in [7, 11) is 2.33. The van der Waals surface area contributed by atoms with E-state index in [9.17, 15) is 24.0 Å². The molecule has 2 N–H and O–H groups in total. The molecule has 0 aliphatic carbocycles. The summed E-state index contributed by atoms with van der Waals surface area (Å²) in [6.07, 6.45) is -2.02. The molecule has 0 saturated carbocycles. The molecule has 1 saturated heterocycles. The van der Waals surface area contributed by atoms with E-state index in [1.165, 1.54) is 31.6 Å². The van der Waals surface area contributed by atoms with Crippen LogP contribution >= 0.6 is 46.3 Å². The van der Waals surface area contributed by atoms with Crippen molar-refractivity contribution >= 4 is 103 Å². The summed E-state index contributed by atoms with van der Waals surface area (Å²) in [6, 6.07) is -1.07. The van der Waals surface area contributed by atoms with Crippen molar-refractivity contribution in [1.82, 2.24) is 15.2 Å². The van der Waals surface area contributed by atoms with Gasteiger partial charge in [0.05, 0.1) is 0 Å². The van der Waals surface area contributed by atoms with Crippen LogP contribution in [0.2, 0.25) is 4.34 Å². The van der Waals surface area contributed by atoms with Gasteiger partial charge < -0.3 is 24.2 Å². The van der Waals surface area contributed by atoms with Gasteiger partial charge in [0.1, 0.15) is 32.7 Å². The standard InChI is InChI=1S/C21H25B2Cl2N5O9S2/c1-7(17(33)37-22)39-29-10(9-13(25)41-19(27-9)28-20(35)36-21(2,3)4)14(31)26-11-15(32)30-12(18(34)38-23)8(5-24)6-40-16(11)30/h7,11,16H,5-6,22-23H2,1-4H3,(H,26,31)(H,27,28,35)/b29-10-/t7-,11-,16-/m1/s1. The molecule has 0 unspecified atom stereocenters. The molecule has 0 spiro atoms. The Balaban J connectivity index is 1.88. The van der Waals surface area contributed by atoms with Crippen LogP contribution in [0.25, 0.3) is 0 Å². The molecular weight excluding hydrogens is 623 g/mol. The first-order valence-electron chi connectivity index (χ1n) is 11.8. The highest BCUT2D eigenvalue weighted by Crippen LogP contribution is 2.41. The summed E-state index contributed by atoms with van der Waals surface area (Å²) >= 11 is 14.4. The molecule has 3 heterocycles. The zero-order valence-electron chi connectivity index (χ0n) is 22.7. The third kappa shape index (κ3) is 7.47. The molecule has 20 heteroatoms. The number of thiazole rings is 1. The third-order valence-electron chi connectivity index (χ3n) is 5.34. The largest absolute Gasteiger partial charge is 0.541 e. The zero-order chi connectivity index (χ0) is 30.6. The minimum Gasteiger partial charge on any atom is -0.541 e. The van der Waals surface area contributed by atoms with E-state index >= 15 is 0 Å². The number of anilines is 1. The van der Waals surface area contributed by atoms with Crippen LogP contribution < -0.4 is 10.6 Å². The number of fused-ring (bicyclic) bond motifs is 1. The van der Waals surface area contributed by atoms with Gasteiger partial charge in [-0.25, -0.2) is 19.4 Å². The molecule has 41 heavy (non-hydrogen) atoms. The lowest BCUT2D eigenvalue weighted by molar-refractivity contribution is -0.149. The monoisotopic (exact) mass is 647 g/mol. The van der Waals surface area contributed by atoms with Crippen LogP contribution in [0, 0.1) is 0 Å². The van der Waals surface area contributed by atoms with Gasteiger partial charge in [-0.1, -0.05) is 28.1 Å². The highest BCUT2D eigenvalue weighted by atomic mass is 35.5. The molecule has 1 fully saturated rings. The van der Waals surface area contributed by atoms with E-state index in [1.54, 1.807) is 20.8 Å². The Hall–Kier alpha value is -2.95. The second-order valence-electron chi connectivity index (χ2n) is 9.42. The van der Waals surface area contributed by atoms with Crippen LogP contribution in [0.3, 0.4) is 0 Å². The molecule has 1 aromatic rings. The number of β-lactam (4-membered cyclic amide) rings is 1. The highest BCUT2D eigenvalue weighted by Gasteiger charge is 2.54. The fraction of sp³-hybridized carbons (Fsp3) is 0.476. The van der Waals surface area contributed by atoms with Crippen LogP contribution in [0.4, 0.5) is 9.93 Å². The first-order chi connectivity index (χ1) is 19.2. The Kier molecular flexibility index (Phi) is 10.6. The lowest BCUT2D eigenvalue weighted by Gasteiger charge is -2.49. The second-order valence-corrected chi connectivity index (χ2v) is 12.4. The molecule has 14 nitrogen and oxygen atoms in total. The summed E-state index contributed by atoms with van der Waals surface area (Å²) in [5.74, 6) is -2.67. The molecule has 220 valence electrons. The Morgan fingerprint density at radius 1 is 1.24 bits per heavy atom. The average Bonchev–Trinajstić information content (AvgIpc) is 3.27. The minimum atomic E-state index is -1.21. The van der Waals surface area contributed by atoms with Crippen molar-refractivity contribution in [2.45, 2.75) is 50.8 Å². The fourth-order valence-corrected chi connectivity index (χ4v) is 6.22. The minimum absolute atomic E-state index is 0.0134. The quantitative estimate of drug-likeness (QED) is 0.124. The van der Waals surface area contributed by atoms with Crippen molar-refractivity contribution in [2.24, 2.45) is 5.16 Å². The van der Waals surface area contributed by atoms with Crippen LogP contribution in [-0.2, 0) is 38.1 Å². The number of carbonyl (C=O) groups is 5. The normalized spacial score (nSPS) is 19.4. The predicted molar refractivity (Wildman–Crippen MR) is 156 cm³/mol. The van der Waals surface area contributed by atoms with Crippen molar-refractivity contribution in [3.63, 3.8) is 0 Å². The molecule has 0 aromatic carbocycles. The Labute approximate surface area is 254 Å². The summed E-state index contributed by atoms with van der Waals surface area (Å²) in [5, 5.41) is 8.11. The molecule has 1 aromatic heterocycles. The van der Waals surface area contributed by atoms with Gasteiger partial charge in [0.15, 0.2) is 10.8 Å². The molecule has 2 aliphatic rings. The lowest BCUT2D eigenvalue weighted by Crippen LogP contribution is -2.71. The van der Waals surface area contributed by atoms with Gasteiger partial charge >= 0.3 is 34.1 Å². The van der Waals surface area contributed by atoms with Crippen molar-refractivity contribution < 1.29 is 42.9 Å². The SMILES string of the molecule is BOC(=O)C1=C(CCl)CS[C@@H]2[C@H](NC(=O)/C(=N\O[C@H](C)C(=O)OB)c3nc(NC(=O)OC(C)(C)C)sc3Cl)C(=O)N12. The number of amides is 3. The number of halogens is 2. The molecule has 0 radical (unpaired) electrons. The summed E-state index contributed by atoms with van der Waals surface area (Å²) in [6.45, 7) is 6.37. The Bertz CT molecular complexity index is 1320. The van der Waals surface area contributed by atoms with E-state index in [0.29, 0.717) is 11.3 Å². The number of nitrogens with one attached hydrogen (secondary N) is 2. The fourth-order valence-electron chi connectivity index (χ4n) is 3.51. The number of rotatable bonds is 9. The van der Waals surface area contributed by atoms with E-state index in [2.05, 4.69) is 25.4 Å². The number of alkyl halides is 1. The molecule has 3 amide bonds. The molecule has 3 atom stereocenters. The van der Waals surface area contributed by atoms with Crippen LogP contribution in [-0.4, -0.2) is 96.3 Å². The number of nitrogens with zero attached hydrogens (tertiary/aromatic N) is 3. The smallest absolute Gasteiger partial charge is 0.413 e. The first-order valence-corrected chi connectivity index (χ1v) is 14.6. The number of carbonyl (C=O) groups excluding carboxylic acids is 5. The summed E-state index contributed by atoms with van der Waals surface area (Å²) in [5.41, 5.74) is -0.921. The molecule has 3 rings (SSSR count). The Morgan fingerprint density at radius 2 is 1.93 bits per heavy atom. The van der Waals surface area contributed by atoms with E-state index < -0.39 is 58.7 Å². The van der Waals surface area contributed by atoms with E-state index in [1.807, 2.05) is 0 Å². The van der Waals surface area contributed by atoms with E-state index in [-0.39, 0.29) is 26.7 Å². The molecular formula is C21H25B2Cl2N5O9S2. The molecule has 2 aliphatic heterocycles. The van der Waals surface area contributed by atoms with E-state index in [4.69, 9.17) is 37.4 Å². The van der Waals surface area contributed by atoms with Crippen LogP contribution in [0.5, 0.6) is 0 Å². The topological polar surface area (TPSA) is 175 Å². The second kappa shape index (κ2) is 13.4. The number of ether oxygens (including phenoxy) is 1. The van der Waals surface area contributed by atoms with Crippen LogP contribution in [0.15, 0.2) is 16.4 Å².